The molecule has 0 radical (unpaired) electrons. The van der Waals surface area contributed by atoms with Gasteiger partial charge in [0.25, 0.3) is 5.91 Å². The lowest BCUT2D eigenvalue weighted by molar-refractivity contribution is 0.0779. The van der Waals surface area contributed by atoms with Gasteiger partial charge in [-0.2, -0.15) is 4.98 Å². The molecule has 0 aliphatic carbocycles. The summed E-state index contributed by atoms with van der Waals surface area (Å²) >= 11 is 1.65. The Hall–Kier alpha value is -2.52. The van der Waals surface area contributed by atoms with Crippen LogP contribution in [0.4, 0.5) is 0 Å². The first-order chi connectivity index (χ1) is 13.0. The van der Waals surface area contributed by atoms with Gasteiger partial charge in [-0.1, -0.05) is 10.3 Å². The lowest BCUT2D eigenvalue weighted by Gasteiger charge is -2.27. The van der Waals surface area contributed by atoms with Gasteiger partial charge in [0.2, 0.25) is 6.39 Å². The van der Waals surface area contributed by atoms with E-state index in [9.17, 15) is 4.79 Å². The van der Waals surface area contributed by atoms with E-state index in [1.165, 1.54) is 16.8 Å². The van der Waals surface area contributed by atoms with Crippen molar-refractivity contribution in [1.29, 1.82) is 0 Å². The second-order valence-electron chi connectivity index (χ2n) is 6.82. The lowest BCUT2D eigenvalue weighted by Crippen LogP contribution is -2.32. The fourth-order valence-electron chi connectivity index (χ4n) is 3.40. The molecule has 4 heterocycles. The topological polar surface area (TPSA) is 88.5 Å². The number of nitrogens with zero attached hydrogens (tertiary/aromatic N) is 5. The van der Waals surface area contributed by atoms with E-state index in [4.69, 9.17) is 9.05 Å². The number of aryl methyl sites for hydroxylation is 2. The van der Waals surface area contributed by atoms with Crippen molar-refractivity contribution in [3.8, 4) is 0 Å². The maximum absolute atomic E-state index is 12.8. The first-order valence-electron chi connectivity index (χ1n) is 8.77. The summed E-state index contributed by atoms with van der Waals surface area (Å²) in [5.41, 5.74) is 4.06. The fourth-order valence-corrected chi connectivity index (χ4v) is 4.51. The minimum Gasteiger partial charge on any atom is -0.361 e. The summed E-state index contributed by atoms with van der Waals surface area (Å²) in [5, 5.41) is 9.78. The Labute approximate surface area is 160 Å². The first kappa shape index (κ1) is 17.9. The summed E-state index contributed by atoms with van der Waals surface area (Å²) < 4.78 is 10.0. The predicted molar refractivity (Wildman–Crippen MR) is 98.2 cm³/mol. The number of carbonyl (C=O) groups excluding carboxylic acids is 1. The van der Waals surface area contributed by atoms with Crippen LogP contribution in [0.3, 0.4) is 0 Å². The number of thiophene rings is 1. The Morgan fingerprint density at radius 3 is 2.93 bits per heavy atom. The average molecular weight is 387 g/mol. The van der Waals surface area contributed by atoms with Gasteiger partial charge in [-0.3, -0.25) is 9.69 Å². The van der Waals surface area contributed by atoms with Gasteiger partial charge in [-0.05, 0) is 25.8 Å². The summed E-state index contributed by atoms with van der Waals surface area (Å²) in [5.74, 6) is 1.38. The molecule has 0 unspecified atom stereocenters. The molecule has 9 heteroatoms. The SMILES string of the molecule is Cc1noc(C)c1CN1CCc2c(C(=O)N(C)Cc3ncon3)csc2C1. The van der Waals surface area contributed by atoms with Crippen LogP contribution in [0.25, 0.3) is 0 Å². The number of aromatic nitrogens is 3. The second kappa shape index (κ2) is 7.24. The molecule has 0 atom stereocenters. The van der Waals surface area contributed by atoms with Gasteiger partial charge in [0.05, 0.1) is 17.8 Å². The van der Waals surface area contributed by atoms with Crippen LogP contribution >= 0.6 is 11.3 Å². The van der Waals surface area contributed by atoms with E-state index in [-0.39, 0.29) is 5.91 Å². The number of carbonyl (C=O) groups is 1. The molecule has 1 amide bonds. The van der Waals surface area contributed by atoms with Crippen molar-refractivity contribution >= 4 is 17.2 Å². The van der Waals surface area contributed by atoms with E-state index in [1.54, 1.807) is 23.3 Å². The molecule has 0 aromatic carbocycles. The van der Waals surface area contributed by atoms with Crippen LogP contribution in [-0.4, -0.2) is 44.6 Å². The number of fused-ring (bicyclic) bond motifs is 1. The van der Waals surface area contributed by atoms with Crippen LogP contribution in [0, 0.1) is 13.8 Å². The summed E-state index contributed by atoms with van der Waals surface area (Å²) in [6.45, 7) is 6.82. The van der Waals surface area contributed by atoms with Crippen LogP contribution in [0.1, 0.15) is 43.6 Å². The van der Waals surface area contributed by atoms with Crippen molar-refractivity contribution < 1.29 is 13.8 Å². The van der Waals surface area contributed by atoms with E-state index < -0.39 is 0 Å². The van der Waals surface area contributed by atoms with E-state index in [0.29, 0.717) is 12.4 Å². The zero-order chi connectivity index (χ0) is 19.0. The molecule has 0 saturated carbocycles. The fraction of sp³-hybridized carbons (Fsp3) is 0.444. The molecule has 142 valence electrons. The summed E-state index contributed by atoms with van der Waals surface area (Å²) in [7, 11) is 1.76. The van der Waals surface area contributed by atoms with E-state index in [2.05, 4.69) is 20.2 Å². The maximum atomic E-state index is 12.8. The molecule has 27 heavy (non-hydrogen) atoms. The van der Waals surface area contributed by atoms with Crippen molar-refractivity contribution in [1.82, 2.24) is 25.1 Å². The minimum absolute atomic E-state index is 0.00327. The normalized spacial score (nSPS) is 14.3. The molecule has 0 spiro atoms. The van der Waals surface area contributed by atoms with Gasteiger partial charge in [0.15, 0.2) is 5.82 Å². The van der Waals surface area contributed by atoms with Gasteiger partial charge < -0.3 is 13.9 Å². The van der Waals surface area contributed by atoms with Crippen LogP contribution < -0.4 is 0 Å². The third kappa shape index (κ3) is 3.52. The molecule has 0 saturated heterocycles. The van der Waals surface area contributed by atoms with Gasteiger partial charge in [-0.15, -0.1) is 11.3 Å². The van der Waals surface area contributed by atoms with Crippen molar-refractivity contribution in [3.05, 3.63) is 50.6 Å². The third-order valence-corrected chi connectivity index (χ3v) is 5.97. The molecule has 3 aromatic rings. The molecular formula is C18H21N5O3S. The van der Waals surface area contributed by atoms with Crippen LogP contribution in [0.15, 0.2) is 20.8 Å². The van der Waals surface area contributed by atoms with Crippen molar-refractivity contribution in [2.75, 3.05) is 13.6 Å². The molecular weight excluding hydrogens is 366 g/mol. The quantitative estimate of drug-likeness (QED) is 0.665. The van der Waals surface area contributed by atoms with E-state index in [0.717, 1.165) is 48.6 Å². The standard InChI is InChI=1S/C18H21N5O3S/c1-11-14(12(2)26-20-11)6-23-5-4-13-15(9-27-16(13)7-23)18(24)22(3)8-17-19-10-25-21-17/h9-10H,4-8H2,1-3H3. The Morgan fingerprint density at radius 2 is 2.22 bits per heavy atom. The Bertz CT molecular complexity index is 927. The summed E-state index contributed by atoms with van der Waals surface area (Å²) in [6.07, 6.45) is 2.13. The Kier molecular flexibility index (Phi) is 4.79. The number of rotatable bonds is 5. The van der Waals surface area contributed by atoms with E-state index in [1.807, 2.05) is 19.2 Å². The monoisotopic (exact) mass is 387 g/mol. The summed E-state index contributed by atoms with van der Waals surface area (Å²) in [4.78, 5) is 22.1. The molecule has 8 nitrogen and oxygen atoms in total. The maximum Gasteiger partial charge on any atom is 0.255 e. The highest BCUT2D eigenvalue weighted by molar-refractivity contribution is 7.10. The van der Waals surface area contributed by atoms with Crippen molar-refractivity contribution in [2.24, 2.45) is 0 Å². The second-order valence-corrected chi connectivity index (χ2v) is 7.79. The average Bonchev–Trinajstić information content (AvgIpc) is 3.38. The van der Waals surface area contributed by atoms with Gasteiger partial charge in [0, 0.05) is 42.5 Å². The van der Waals surface area contributed by atoms with Crippen molar-refractivity contribution in [2.45, 2.75) is 39.9 Å². The Balaban J connectivity index is 1.46. The molecule has 3 aromatic heterocycles. The highest BCUT2D eigenvalue weighted by atomic mass is 32.1. The number of hydrogen-bond donors (Lipinski definition) is 0. The van der Waals surface area contributed by atoms with Crippen LogP contribution in [0.5, 0.6) is 0 Å². The van der Waals surface area contributed by atoms with Gasteiger partial charge >= 0.3 is 0 Å². The first-order valence-corrected chi connectivity index (χ1v) is 9.65. The smallest absolute Gasteiger partial charge is 0.255 e. The van der Waals surface area contributed by atoms with E-state index >= 15 is 0 Å². The molecule has 1 aliphatic rings. The van der Waals surface area contributed by atoms with Crippen LogP contribution in [-0.2, 0) is 26.1 Å². The van der Waals surface area contributed by atoms with Crippen molar-refractivity contribution in [3.63, 3.8) is 0 Å². The molecule has 0 N–H and O–H groups in total. The number of hydrogen-bond acceptors (Lipinski definition) is 8. The highest BCUT2D eigenvalue weighted by Gasteiger charge is 2.26. The number of amides is 1. The largest absolute Gasteiger partial charge is 0.361 e. The zero-order valence-electron chi connectivity index (χ0n) is 15.6. The zero-order valence-corrected chi connectivity index (χ0v) is 16.4. The van der Waals surface area contributed by atoms with Gasteiger partial charge in [-0.25, -0.2) is 0 Å². The predicted octanol–water partition coefficient (Wildman–Crippen LogP) is 2.57. The Morgan fingerprint density at radius 1 is 1.37 bits per heavy atom. The van der Waals surface area contributed by atoms with Crippen LogP contribution in [0.2, 0.25) is 0 Å². The lowest BCUT2D eigenvalue weighted by atomic mass is 10.0. The molecule has 0 fully saturated rings. The molecule has 4 rings (SSSR count). The third-order valence-electron chi connectivity index (χ3n) is 4.95. The summed E-state index contributed by atoms with van der Waals surface area (Å²) in [6, 6.07) is 0. The highest BCUT2D eigenvalue weighted by Crippen LogP contribution is 2.31. The van der Waals surface area contributed by atoms with Gasteiger partial charge in [0.1, 0.15) is 5.76 Å². The molecule has 0 bridgehead atoms. The minimum atomic E-state index is -0.00327. The molecule has 1 aliphatic heterocycles.